The molecule has 57 heavy (non-hydrogen) atoms. The van der Waals surface area contributed by atoms with Gasteiger partial charge in [-0.25, -0.2) is 34.3 Å². The van der Waals surface area contributed by atoms with Gasteiger partial charge in [0.2, 0.25) is 11.9 Å². The second kappa shape index (κ2) is 18.6. The molecule has 4 heterocycles. The van der Waals surface area contributed by atoms with Crippen molar-refractivity contribution in [3.8, 4) is 17.9 Å². The molecule has 0 saturated heterocycles. The first-order chi connectivity index (χ1) is 28.0. The maximum Gasteiger partial charge on any atom is 0.222 e. The van der Waals surface area contributed by atoms with Crippen molar-refractivity contribution in [3.05, 3.63) is 160 Å². The molecule has 14 heteroatoms. The monoisotopic (exact) mass is 790 g/mol. The number of aromatic nitrogens is 6. The number of benzene rings is 4. The van der Waals surface area contributed by atoms with Crippen molar-refractivity contribution < 1.29 is 9.13 Å². The fraction of sp³-hybridized carbons (Fsp3) is 0.163. The zero-order valence-electron chi connectivity index (χ0n) is 30.7. The van der Waals surface area contributed by atoms with Crippen LogP contribution >= 0.6 is 22.7 Å². The number of thiazole rings is 2. The first-order valence-corrected chi connectivity index (χ1v) is 19.6. The number of nitrogens with zero attached hydrogens (tertiary/aromatic N) is 8. The highest BCUT2D eigenvalue weighted by atomic mass is 32.1. The van der Waals surface area contributed by atoms with Gasteiger partial charge in [0, 0.05) is 25.5 Å². The number of nitrogens with one attached hydrogen (secondary N) is 2. The number of halogens is 1. The molecule has 8 rings (SSSR count). The van der Waals surface area contributed by atoms with E-state index in [4.69, 9.17) is 4.74 Å². The summed E-state index contributed by atoms with van der Waals surface area (Å²) in [6, 6.07) is 38.4. The standard InChI is InChI=1S/C22H19N5OS.C21H16FN5S/c1-28-16-6-4-5-15(13-16)9-11-24-22-25-12-10-18(27-22)17(14-23)21-26-19-7-2-3-8-20(19)29-21;22-16-6-2-1-5-14(16)9-11-24-21-25-12-10-17(27-21)15(13-23)20-26-18-7-3-4-8-19(18)28-20/h2-8,10,12-13,17H,9,11H2,1H3,(H,24,25,27);1-8,10,12,15H,9,11H2,(H,24,25,27). The number of rotatable bonds is 13. The van der Waals surface area contributed by atoms with E-state index in [0.29, 0.717) is 53.4 Å². The van der Waals surface area contributed by atoms with Crippen molar-refractivity contribution in [3.63, 3.8) is 0 Å². The van der Waals surface area contributed by atoms with Gasteiger partial charge in [-0.3, -0.25) is 0 Å². The lowest BCUT2D eigenvalue weighted by Crippen LogP contribution is -2.10. The van der Waals surface area contributed by atoms with Crippen molar-refractivity contribution in [2.24, 2.45) is 0 Å². The summed E-state index contributed by atoms with van der Waals surface area (Å²) in [7, 11) is 1.66. The molecule has 0 amide bonds. The molecule has 11 nitrogen and oxygen atoms in total. The van der Waals surface area contributed by atoms with Gasteiger partial charge in [0.25, 0.3) is 0 Å². The molecule has 0 spiro atoms. The molecule has 0 saturated carbocycles. The summed E-state index contributed by atoms with van der Waals surface area (Å²) in [5.41, 5.74) is 4.81. The number of anilines is 2. The Morgan fingerprint density at radius 3 is 1.74 bits per heavy atom. The fourth-order valence-corrected chi connectivity index (χ4v) is 7.97. The van der Waals surface area contributed by atoms with Gasteiger partial charge < -0.3 is 15.4 Å². The molecule has 2 unspecified atom stereocenters. The summed E-state index contributed by atoms with van der Waals surface area (Å²) < 4.78 is 21.1. The van der Waals surface area contributed by atoms with E-state index in [2.05, 4.69) is 58.7 Å². The van der Waals surface area contributed by atoms with Gasteiger partial charge in [-0.15, -0.1) is 22.7 Å². The van der Waals surface area contributed by atoms with E-state index in [0.717, 1.165) is 43.2 Å². The van der Waals surface area contributed by atoms with Gasteiger partial charge in [0.05, 0.1) is 51.1 Å². The average molecular weight is 791 g/mol. The number of methoxy groups -OCH3 is 1. The van der Waals surface area contributed by atoms with E-state index in [1.165, 1.54) is 28.7 Å². The van der Waals surface area contributed by atoms with Gasteiger partial charge in [-0.1, -0.05) is 54.6 Å². The minimum Gasteiger partial charge on any atom is -0.497 e. The molecule has 0 radical (unpaired) electrons. The maximum absolute atomic E-state index is 13.7. The zero-order valence-corrected chi connectivity index (χ0v) is 32.3. The van der Waals surface area contributed by atoms with E-state index in [1.807, 2.05) is 72.8 Å². The summed E-state index contributed by atoms with van der Waals surface area (Å²) >= 11 is 3.01. The molecular weight excluding hydrogens is 756 g/mol. The Kier molecular flexibility index (Phi) is 12.6. The number of nitriles is 2. The number of ether oxygens (including phenoxy) is 1. The number of hydrogen-bond acceptors (Lipinski definition) is 13. The third kappa shape index (κ3) is 9.69. The van der Waals surface area contributed by atoms with Crippen LogP contribution < -0.4 is 15.4 Å². The van der Waals surface area contributed by atoms with Gasteiger partial charge in [0.15, 0.2) is 0 Å². The van der Waals surface area contributed by atoms with Crippen LogP contribution in [0.2, 0.25) is 0 Å². The van der Waals surface area contributed by atoms with Crippen LogP contribution in [0.15, 0.2) is 122 Å². The van der Waals surface area contributed by atoms with E-state index >= 15 is 0 Å². The fourth-order valence-electron chi connectivity index (χ4n) is 5.92. The first kappa shape index (κ1) is 38.4. The molecule has 0 aliphatic carbocycles. The summed E-state index contributed by atoms with van der Waals surface area (Å²) in [4.78, 5) is 26.7. The SMILES string of the molecule is COc1cccc(CCNc2nccc(C(C#N)c3nc4ccccc4s3)n2)c1.N#CC(c1ccnc(NCCc2ccccc2F)n1)c1nc2ccccc2s1. The van der Waals surface area contributed by atoms with Crippen LogP contribution in [0.5, 0.6) is 5.75 Å². The second-order valence-corrected chi connectivity index (χ2v) is 14.7. The Morgan fingerprint density at radius 1 is 0.649 bits per heavy atom. The zero-order chi connectivity index (χ0) is 39.4. The molecule has 0 bridgehead atoms. The van der Waals surface area contributed by atoms with Gasteiger partial charge in [0.1, 0.15) is 33.4 Å². The highest BCUT2D eigenvalue weighted by molar-refractivity contribution is 7.19. The van der Waals surface area contributed by atoms with Crippen molar-refractivity contribution in [2.45, 2.75) is 24.7 Å². The van der Waals surface area contributed by atoms with Crippen LogP contribution in [-0.2, 0) is 12.8 Å². The van der Waals surface area contributed by atoms with Crippen LogP contribution in [0, 0.1) is 28.5 Å². The molecule has 2 N–H and O–H groups in total. The lowest BCUT2D eigenvalue weighted by Gasteiger charge is -2.09. The molecule has 8 aromatic rings. The Bertz CT molecular complexity index is 2620. The van der Waals surface area contributed by atoms with Gasteiger partial charge >= 0.3 is 0 Å². The number of hydrogen-bond donors (Lipinski definition) is 2. The average Bonchev–Trinajstić information content (AvgIpc) is 3.88. The van der Waals surface area contributed by atoms with Crippen LogP contribution in [-0.4, -0.2) is 50.1 Å². The highest BCUT2D eigenvalue weighted by Crippen LogP contribution is 2.32. The first-order valence-electron chi connectivity index (χ1n) is 18.0. The van der Waals surface area contributed by atoms with Crippen LogP contribution in [0.25, 0.3) is 20.4 Å². The Balaban J connectivity index is 0.000000174. The minimum atomic E-state index is -0.562. The van der Waals surface area contributed by atoms with E-state index in [1.54, 1.807) is 43.8 Å². The van der Waals surface area contributed by atoms with Gasteiger partial charge in [-0.2, -0.15) is 10.5 Å². The Hall–Kier alpha value is -6.87. The topological polar surface area (TPSA) is 158 Å². The van der Waals surface area contributed by atoms with Crippen LogP contribution in [0.1, 0.15) is 44.4 Å². The molecule has 4 aromatic heterocycles. The molecule has 0 aliphatic rings. The Morgan fingerprint density at radius 2 is 1.19 bits per heavy atom. The third-order valence-electron chi connectivity index (χ3n) is 8.78. The van der Waals surface area contributed by atoms with E-state index in [-0.39, 0.29) is 5.82 Å². The van der Waals surface area contributed by atoms with E-state index < -0.39 is 11.8 Å². The molecule has 282 valence electrons. The normalized spacial score (nSPS) is 11.8. The predicted molar refractivity (Wildman–Crippen MR) is 222 cm³/mol. The molecule has 2 atom stereocenters. The number of para-hydroxylation sites is 2. The lowest BCUT2D eigenvalue weighted by atomic mass is 10.1. The highest BCUT2D eigenvalue weighted by Gasteiger charge is 2.21. The summed E-state index contributed by atoms with van der Waals surface area (Å²) in [6.45, 7) is 1.16. The third-order valence-corrected chi connectivity index (χ3v) is 11.0. The molecule has 0 aliphatic heterocycles. The lowest BCUT2D eigenvalue weighted by molar-refractivity contribution is 0.414. The minimum absolute atomic E-state index is 0.223. The largest absolute Gasteiger partial charge is 0.497 e. The predicted octanol–water partition coefficient (Wildman–Crippen LogP) is 8.94. The second-order valence-electron chi connectivity index (χ2n) is 12.6. The van der Waals surface area contributed by atoms with Crippen molar-refractivity contribution in [2.75, 3.05) is 30.8 Å². The molecule has 0 fully saturated rings. The van der Waals surface area contributed by atoms with Crippen molar-refractivity contribution >= 4 is 55.0 Å². The maximum atomic E-state index is 13.7. The summed E-state index contributed by atoms with van der Waals surface area (Å²) in [6.07, 6.45) is 4.61. The van der Waals surface area contributed by atoms with Gasteiger partial charge in [-0.05, 0) is 78.6 Å². The van der Waals surface area contributed by atoms with Crippen molar-refractivity contribution in [1.29, 1.82) is 10.5 Å². The van der Waals surface area contributed by atoms with Crippen molar-refractivity contribution in [1.82, 2.24) is 29.9 Å². The number of fused-ring (bicyclic) bond motifs is 2. The Labute approximate surface area is 336 Å². The quantitative estimate of drug-likeness (QED) is 0.115. The molecule has 4 aromatic carbocycles. The summed E-state index contributed by atoms with van der Waals surface area (Å²) in [5, 5.41) is 27.2. The summed E-state index contributed by atoms with van der Waals surface area (Å²) in [5.74, 6) is 0.455. The van der Waals surface area contributed by atoms with E-state index in [9.17, 15) is 14.9 Å². The van der Waals surface area contributed by atoms with Crippen LogP contribution in [0.4, 0.5) is 16.3 Å². The molecular formula is C43H35FN10OS2. The smallest absolute Gasteiger partial charge is 0.222 e. The van der Waals surface area contributed by atoms with Crippen LogP contribution in [0.3, 0.4) is 0 Å².